The van der Waals surface area contributed by atoms with Crippen LogP contribution in [0.15, 0.2) is 0 Å². The van der Waals surface area contributed by atoms with Gasteiger partial charge in [-0.15, -0.1) is 0 Å². The third kappa shape index (κ3) is 1.69. The first-order valence-corrected chi connectivity index (χ1v) is 5.01. The van der Waals surface area contributed by atoms with Crippen LogP contribution in [0.2, 0.25) is 0 Å². The lowest BCUT2D eigenvalue weighted by Gasteiger charge is -2.06. The van der Waals surface area contributed by atoms with Crippen LogP contribution in [0.4, 0.5) is 5.82 Å². The Bertz CT molecular complexity index is 297. The molecule has 1 saturated carbocycles. The van der Waals surface area contributed by atoms with E-state index in [1.165, 1.54) is 24.1 Å². The molecule has 0 atom stereocenters. The Labute approximate surface area is 78.7 Å². The van der Waals surface area contributed by atoms with Crippen LogP contribution >= 0.6 is 0 Å². The standard InChI is InChI=1S/C10H17N3/c1-6(2)9-8(5-7-3-4-7)12-13-10(9)11/h6-7H,3-5H2,1-2H3,(H3,11,12,13). The topological polar surface area (TPSA) is 54.7 Å². The second kappa shape index (κ2) is 3.05. The molecule has 0 aromatic carbocycles. The van der Waals surface area contributed by atoms with Gasteiger partial charge in [0.1, 0.15) is 5.82 Å². The highest BCUT2D eigenvalue weighted by Gasteiger charge is 2.25. The fourth-order valence-corrected chi connectivity index (χ4v) is 1.81. The van der Waals surface area contributed by atoms with E-state index < -0.39 is 0 Å². The molecule has 2 rings (SSSR count). The van der Waals surface area contributed by atoms with E-state index in [-0.39, 0.29) is 0 Å². The maximum atomic E-state index is 5.80. The molecular weight excluding hydrogens is 162 g/mol. The Morgan fingerprint density at radius 1 is 1.54 bits per heavy atom. The predicted octanol–water partition coefficient (Wildman–Crippen LogP) is 2.07. The molecule has 72 valence electrons. The van der Waals surface area contributed by atoms with Crippen LogP contribution in [0, 0.1) is 5.92 Å². The van der Waals surface area contributed by atoms with Gasteiger partial charge in [-0.3, -0.25) is 5.10 Å². The summed E-state index contributed by atoms with van der Waals surface area (Å²) in [6.07, 6.45) is 3.88. The van der Waals surface area contributed by atoms with Crippen molar-refractivity contribution in [1.82, 2.24) is 10.2 Å². The summed E-state index contributed by atoms with van der Waals surface area (Å²) in [4.78, 5) is 0. The van der Waals surface area contributed by atoms with Crippen molar-refractivity contribution in [2.45, 2.75) is 39.0 Å². The van der Waals surface area contributed by atoms with E-state index in [9.17, 15) is 0 Å². The van der Waals surface area contributed by atoms with Gasteiger partial charge in [0.05, 0.1) is 0 Å². The maximum Gasteiger partial charge on any atom is 0.148 e. The number of nitrogens with one attached hydrogen (secondary N) is 1. The van der Waals surface area contributed by atoms with Gasteiger partial charge in [-0.2, -0.15) is 5.10 Å². The van der Waals surface area contributed by atoms with E-state index in [4.69, 9.17) is 5.73 Å². The van der Waals surface area contributed by atoms with Crippen LogP contribution in [0.3, 0.4) is 0 Å². The average Bonchev–Trinajstić information content (AvgIpc) is 2.76. The van der Waals surface area contributed by atoms with Crippen LogP contribution in [-0.2, 0) is 6.42 Å². The van der Waals surface area contributed by atoms with Gasteiger partial charge in [0.2, 0.25) is 0 Å². The van der Waals surface area contributed by atoms with Crippen molar-refractivity contribution >= 4 is 5.82 Å². The molecular formula is C10H17N3. The van der Waals surface area contributed by atoms with Crippen LogP contribution in [0.1, 0.15) is 43.9 Å². The Balaban J connectivity index is 2.22. The largest absolute Gasteiger partial charge is 0.382 e. The first-order valence-electron chi connectivity index (χ1n) is 5.01. The van der Waals surface area contributed by atoms with Crippen LogP contribution < -0.4 is 5.73 Å². The molecule has 1 aromatic heterocycles. The van der Waals surface area contributed by atoms with E-state index in [1.807, 2.05) is 0 Å². The molecule has 0 saturated heterocycles. The summed E-state index contributed by atoms with van der Waals surface area (Å²) in [6, 6.07) is 0. The van der Waals surface area contributed by atoms with Crippen LogP contribution in [0.5, 0.6) is 0 Å². The highest BCUT2D eigenvalue weighted by atomic mass is 15.2. The van der Waals surface area contributed by atoms with Gasteiger partial charge in [0.25, 0.3) is 0 Å². The molecule has 0 bridgehead atoms. The van der Waals surface area contributed by atoms with Gasteiger partial charge in [0.15, 0.2) is 0 Å². The Morgan fingerprint density at radius 3 is 2.77 bits per heavy atom. The number of hydrogen-bond acceptors (Lipinski definition) is 2. The summed E-state index contributed by atoms with van der Waals surface area (Å²) in [5.41, 5.74) is 8.28. The lowest BCUT2D eigenvalue weighted by atomic mass is 10.0. The SMILES string of the molecule is CC(C)c1c(N)n[nH]c1CC1CC1. The highest BCUT2D eigenvalue weighted by molar-refractivity contribution is 5.44. The third-order valence-electron chi connectivity index (χ3n) is 2.68. The summed E-state index contributed by atoms with van der Waals surface area (Å²) in [6.45, 7) is 4.33. The molecule has 1 aliphatic carbocycles. The third-order valence-corrected chi connectivity index (χ3v) is 2.68. The Morgan fingerprint density at radius 2 is 2.23 bits per heavy atom. The van der Waals surface area contributed by atoms with Gasteiger partial charge in [-0.25, -0.2) is 0 Å². The summed E-state index contributed by atoms with van der Waals surface area (Å²) in [7, 11) is 0. The maximum absolute atomic E-state index is 5.80. The molecule has 3 N–H and O–H groups in total. The molecule has 0 radical (unpaired) electrons. The van der Waals surface area contributed by atoms with E-state index in [2.05, 4.69) is 24.0 Å². The van der Waals surface area contributed by atoms with Crippen molar-refractivity contribution in [3.05, 3.63) is 11.3 Å². The molecule has 13 heavy (non-hydrogen) atoms. The first kappa shape index (κ1) is 8.60. The first-order chi connectivity index (χ1) is 6.18. The molecule has 3 nitrogen and oxygen atoms in total. The molecule has 0 spiro atoms. The predicted molar refractivity (Wildman–Crippen MR) is 53.5 cm³/mol. The quantitative estimate of drug-likeness (QED) is 0.746. The number of aromatic amines is 1. The number of H-pyrrole nitrogens is 1. The minimum atomic E-state index is 0.479. The second-order valence-corrected chi connectivity index (χ2v) is 4.30. The van der Waals surface area contributed by atoms with Crippen molar-refractivity contribution < 1.29 is 0 Å². The summed E-state index contributed by atoms with van der Waals surface area (Å²) in [5.74, 6) is 2.05. The second-order valence-electron chi connectivity index (χ2n) is 4.30. The van der Waals surface area contributed by atoms with Gasteiger partial charge in [-0.1, -0.05) is 13.8 Å². The van der Waals surface area contributed by atoms with E-state index >= 15 is 0 Å². The fourth-order valence-electron chi connectivity index (χ4n) is 1.81. The van der Waals surface area contributed by atoms with Gasteiger partial charge >= 0.3 is 0 Å². The van der Waals surface area contributed by atoms with Crippen molar-refractivity contribution in [3.8, 4) is 0 Å². The van der Waals surface area contributed by atoms with Crippen molar-refractivity contribution in [3.63, 3.8) is 0 Å². The van der Waals surface area contributed by atoms with Gasteiger partial charge in [-0.05, 0) is 31.1 Å². The number of anilines is 1. The zero-order valence-corrected chi connectivity index (χ0v) is 8.30. The van der Waals surface area contributed by atoms with Crippen LogP contribution in [-0.4, -0.2) is 10.2 Å². The number of nitrogens with zero attached hydrogens (tertiary/aromatic N) is 1. The molecule has 0 unspecified atom stereocenters. The van der Waals surface area contributed by atoms with E-state index in [0.717, 1.165) is 12.3 Å². The summed E-state index contributed by atoms with van der Waals surface area (Å²) >= 11 is 0. The monoisotopic (exact) mass is 179 g/mol. The molecule has 0 aliphatic heterocycles. The Hall–Kier alpha value is -0.990. The molecule has 1 fully saturated rings. The number of aromatic nitrogens is 2. The minimum absolute atomic E-state index is 0.479. The Kier molecular flexibility index (Phi) is 2.02. The minimum Gasteiger partial charge on any atom is -0.382 e. The smallest absolute Gasteiger partial charge is 0.148 e. The number of rotatable bonds is 3. The van der Waals surface area contributed by atoms with Gasteiger partial charge in [0, 0.05) is 11.3 Å². The molecule has 3 heteroatoms. The molecule has 1 aliphatic rings. The molecule has 0 amide bonds. The zero-order valence-electron chi connectivity index (χ0n) is 8.30. The molecule has 1 aromatic rings. The van der Waals surface area contributed by atoms with Crippen LogP contribution in [0.25, 0.3) is 0 Å². The van der Waals surface area contributed by atoms with E-state index in [1.54, 1.807) is 0 Å². The number of nitrogens with two attached hydrogens (primary N) is 1. The highest BCUT2D eigenvalue weighted by Crippen LogP contribution is 2.35. The van der Waals surface area contributed by atoms with E-state index in [0.29, 0.717) is 11.7 Å². The van der Waals surface area contributed by atoms with Crippen molar-refractivity contribution in [2.75, 3.05) is 5.73 Å². The number of nitrogen functional groups attached to an aromatic ring is 1. The van der Waals surface area contributed by atoms with Gasteiger partial charge < -0.3 is 5.73 Å². The van der Waals surface area contributed by atoms with Crippen molar-refractivity contribution in [2.24, 2.45) is 5.92 Å². The lowest BCUT2D eigenvalue weighted by Crippen LogP contribution is -1.98. The zero-order chi connectivity index (χ0) is 9.42. The summed E-state index contributed by atoms with van der Waals surface area (Å²) in [5, 5.41) is 7.12. The lowest BCUT2D eigenvalue weighted by molar-refractivity contribution is 0.765. The summed E-state index contributed by atoms with van der Waals surface area (Å²) < 4.78 is 0. The number of hydrogen-bond donors (Lipinski definition) is 2. The normalized spacial score (nSPS) is 16.8. The fraction of sp³-hybridized carbons (Fsp3) is 0.700. The molecule has 1 heterocycles. The van der Waals surface area contributed by atoms with Crippen molar-refractivity contribution in [1.29, 1.82) is 0 Å². The average molecular weight is 179 g/mol.